The standard InChI is InChI=1S/C17H29NO3/c1-17(2,3)18-16(20)21-13(9-19)8-15-12-5-10-4-11(7-12)14(15)6-10/h10-15,19H,4-9H2,1-3H3,(H,18,20)/t10-,11-,12-,13-,14-,15-/m0/s1. The molecule has 6 atom stereocenters. The van der Waals surface area contributed by atoms with Crippen molar-refractivity contribution in [3.05, 3.63) is 0 Å². The molecule has 0 heterocycles. The predicted molar refractivity (Wildman–Crippen MR) is 80.8 cm³/mol. The molecule has 0 unspecified atom stereocenters. The molecule has 4 saturated carbocycles. The maximum Gasteiger partial charge on any atom is 0.407 e. The van der Waals surface area contributed by atoms with Crippen LogP contribution in [0.1, 0.15) is 52.9 Å². The van der Waals surface area contributed by atoms with Crippen LogP contribution in [0.3, 0.4) is 0 Å². The molecule has 4 rings (SSSR count). The second kappa shape index (κ2) is 5.45. The minimum atomic E-state index is -0.408. The fourth-order valence-corrected chi connectivity index (χ4v) is 5.19. The quantitative estimate of drug-likeness (QED) is 0.838. The van der Waals surface area contributed by atoms with Gasteiger partial charge in [0.1, 0.15) is 6.10 Å². The van der Waals surface area contributed by atoms with Gasteiger partial charge in [0.2, 0.25) is 0 Å². The molecule has 4 heteroatoms. The van der Waals surface area contributed by atoms with Crippen LogP contribution in [0.4, 0.5) is 4.79 Å². The number of carbonyl (C=O) groups excluding carboxylic acids is 1. The van der Waals surface area contributed by atoms with E-state index in [0.717, 1.165) is 30.1 Å². The van der Waals surface area contributed by atoms with Crippen molar-refractivity contribution in [2.24, 2.45) is 29.6 Å². The molecule has 0 radical (unpaired) electrons. The first kappa shape index (κ1) is 15.1. The molecule has 1 amide bonds. The lowest BCUT2D eigenvalue weighted by Crippen LogP contribution is -2.43. The van der Waals surface area contributed by atoms with Crippen LogP contribution in [0.5, 0.6) is 0 Å². The summed E-state index contributed by atoms with van der Waals surface area (Å²) in [6, 6.07) is 0. The Morgan fingerprint density at radius 1 is 1.24 bits per heavy atom. The molecule has 21 heavy (non-hydrogen) atoms. The van der Waals surface area contributed by atoms with E-state index in [9.17, 15) is 9.90 Å². The van der Waals surface area contributed by atoms with E-state index in [-0.39, 0.29) is 18.2 Å². The minimum absolute atomic E-state index is 0.0679. The maximum absolute atomic E-state index is 11.9. The van der Waals surface area contributed by atoms with Gasteiger partial charge in [0, 0.05) is 5.54 Å². The number of hydrogen-bond donors (Lipinski definition) is 2. The summed E-state index contributed by atoms with van der Waals surface area (Å²) in [5.41, 5.74) is -0.303. The Balaban J connectivity index is 1.54. The Bertz CT molecular complexity index is 399. The maximum atomic E-state index is 11.9. The van der Waals surface area contributed by atoms with Gasteiger partial charge in [-0.1, -0.05) is 0 Å². The number of alkyl carbamates (subject to hydrolysis) is 1. The first-order valence-electron chi connectivity index (χ1n) is 8.45. The second-order valence-electron chi connectivity index (χ2n) is 8.48. The molecule has 120 valence electrons. The topological polar surface area (TPSA) is 58.6 Å². The largest absolute Gasteiger partial charge is 0.444 e. The number of carbonyl (C=O) groups is 1. The molecule has 4 bridgehead atoms. The molecule has 4 fully saturated rings. The number of rotatable bonds is 4. The van der Waals surface area contributed by atoms with Crippen molar-refractivity contribution in [2.75, 3.05) is 6.61 Å². The number of hydrogen-bond acceptors (Lipinski definition) is 3. The summed E-state index contributed by atoms with van der Waals surface area (Å²) in [6.07, 6.45) is 5.62. The summed E-state index contributed by atoms with van der Waals surface area (Å²) in [4.78, 5) is 11.9. The third kappa shape index (κ3) is 3.20. The minimum Gasteiger partial charge on any atom is -0.444 e. The van der Waals surface area contributed by atoms with Gasteiger partial charge in [-0.15, -0.1) is 0 Å². The first-order chi connectivity index (χ1) is 9.85. The highest BCUT2D eigenvalue weighted by Crippen LogP contribution is 2.62. The lowest BCUT2D eigenvalue weighted by atomic mass is 9.73. The van der Waals surface area contributed by atoms with Gasteiger partial charge in [0.05, 0.1) is 6.61 Å². The highest BCUT2D eigenvalue weighted by Gasteiger charge is 2.53. The lowest BCUT2D eigenvalue weighted by Gasteiger charge is -2.34. The zero-order chi connectivity index (χ0) is 15.2. The van der Waals surface area contributed by atoms with Gasteiger partial charge < -0.3 is 15.2 Å². The molecule has 0 saturated heterocycles. The van der Waals surface area contributed by atoms with E-state index < -0.39 is 6.09 Å². The van der Waals surface area contributed by atoms with Crippen molar-refractivity contribution < 1.29 is 14.6 Å². The van der Waals surface area contributed by atoms with E-state index >= 15 is 0 Å². The van der Waals surface area contributed by atoms with E-state index in [1.165, 1.54) is 25.7 Å². The Hall–Kier alpha value is -0.770. The Labute approximate surface area is 127 Å². The molecule has 4 aliphatic carbocycles. The van der Waals surface area contributed by atoms with Crippen LogP contribution in [0.15, 0.2) is 0 Å². The van der Waals surface area contributed by atoms with E-state index in [2.05, 4.69) is 5.32 Å². The number of aliphatic hydroxyl groups is 1. The zero-order valence-electron chi connectivity index (χ0n) is 13.5. The third-order valence-electron chi connectivity index (χ3n) is 5.73. The number of amides is 1. The molecule has 4 nitrogen and oxygen atoms in total. The van der Waals surface area contributed by atoms with Crippen molar-refractivity contribution in [3.8, 4) is 0 Å². The van der Waals surface area contributed by atoms with E-state index in [0.29, 0.717) is 5.92 Å². The van der Waals surface area contributed by atoms with Gasteiger partial charge in [-0.05, 0) is 82.5 Å². The zero-order valence-corrected chi connectivity index (χ0v) is 13.5. The molecule has 0 aliphatic heterocycles. The molecular formula is C17H29NO3. The molecular weight excluding hydrogens is 266 g/mol. The summed E-state index contributed by atoms with van der Waals surface area (Å²) in [6.45, 7) is 5.71. The molecule has 4 aliphatic rings. The van der Waals surface area contributed by atoms with Crippen LogP contribution in [0.2, 0.25) is 0 Å². The van der Waals surface area contributed by atoms with E-state index in [1.807, 2.05) is 20.8 Å². The van der Waals surface area contributed by atoms with Crippen LogP contribution in [0, 0.1) is 29.6 Å². The highest BCUT2D eigenvalue weighted by molar-refractivity contribution is 5.68. The summed E-state index contributed by atoms with van der Waals surface area (Å²) < 4.78 is 5.45. The van der Waals surface area contributed by atoms with Gasteiger partial charge >= 0.3 is 6.09 Å². The van der Waals surface area contributed by atoms with Gasteiger partial charge in [-0.2, -0.15) is 0 Å². The van der Waals surface area contributed by atoms with Gasteiger partial charge in [0.25, 0.3) is 0 Å². The average Bonchev–Trinajstić information content (AvgIpc) is 2.77. The summed E-state index contributed by atoms with van der Waals surface area (Å²) >= 11 is 0. The van der Waals surface area contributed by atoms with Crippen molar-refractivity contribution in [1.82, 2.24) is 5.32 Å². The SMILES string of the molecule is CC(C)(C)NC(=O)O[C@H](CO)C[C@H]1[C@H]2C[C@@H]3C[C@@H](C2)[C@@H]1C3. The summed E-state index contributed by atoms with van der Waals surface area (Å²) in [5.74, 6) is 4.19. The molecule has 0 spiro atoms. The Kier molecular flexibility index (Phi) is 3.93. The second-order valence-corrected chi connectivity index (χ2v) is 8.48. The van der Waals surface area contributed by atoms with Crippen molar-refractivity contribution >= 4 is 6.09 Å². The van der Waals surface area contributed by atoms with Crippen LogP contribution in [-0.2, 0) is 4.74 Å². The van der Waals surface area contributed by atoms with Crippen LogP contribution in [-0.4, -0.2) is 29.4 Å². The first-order valence-corrected chi connectivity index (χ1v) is 8.45. The lowest BCUT2D eigenvalue weighted by molar-refractivity contribution is 0.0244. The van der Waals surface area contributed by atoms with Crippen molar-refractivity contribution in [3.63, 3.8) is 0 Å². The third-order valence-corrected chi connectivity index (χ3v) is 5.73. The Morgan fingerprint density at radius 3 is 2.57 bits per heavy atom. The summed E-state index contributed by atoms with van der Waals surface area (Å²) in [7, 11) is 0. The monoisotopic (exact) mass is 295 g/mol. The predicted octanol–water partition coefficient (Wildman–Crippen LogP) is 2.94. The smallest absolute Gasteiger partial charge is 0.407 e. The molecule has 0 aromatic rings. The number of aliphatic hydroxyl groups excluding tert-OH is 1. The van der Waals surface area contributed by atoms with Crippen LogP contribution >= 0.6 is 0 Å². The normalized spacial score (nSPS) is 38.6. The van der Waals surface area contributed by atoms with Crippen LogP contribution in [0.25, 0.3) is 0 Å². The van der Waals surface area contributed by atoms with Crippen molar-refractivity contribution in [1.29, 1.82) is 0 Å². The van der Waals surface area contributed by atoms with Crippen LogP contribution < -0.4 is 5.32 Å². The van der Waals surface area contributed by atoms with E-state index in [4.69, 9.17) is 4.74 Å². The van der Waals surface area contributed by atoms with Gasteiger partial charge in [0.15, 0.2) is 0 Å². The molecule has 0 aromatic heterocycles. The van der Waals surface area contributed by atoms with Gasteiger partial charge in [-0.25, -0.2) is 4.79 Å². The summed E-state index contributed by atoms with van der Waals surface area (Å²) in [5, 5.41) is 12.4. The van der Waals surface area contributed by atoms with E-state index in [1.54, 1.807) is 0 Å². The fourth-order valence-electron chi connectivity index (χ4n) is 5.19. The highest BCUT2D eigenvalue weighted by atomic mass is 16.6. The fraction of sp³-hybridized carbons (Fsp3) is 0.941. The van der Waals surface area contributed by atoms with Crippen molar-refractivity contribution in [2.45, 2.75) is 64.5 Å². The molecule has 0 aromatic carbocycles. The van der Waals surface area contributed by atoms with Gasteiger partial charge in [-0.3, -0.25) is 0 Å². The number of nitrogens with one attached hydrogen (secondary N) is 1. The average molecular weight is 295 g/mol. The number of ether oxygens (including phenoxy) is 1. The Morgan fingerprint density at radius 2 is 1.95 bits per heavy atom. The molecule has 2 N–H and O–H groups in total.